The molecule has 0 radical (unpaired) electrons. The Labute approximate surface area is 78.8 Å². The minimum atomic E-state index is -0.0501. The molecule has 0 aliphatic carbocycles. The Morgan fingerprint density at radius 1 is 1.46 bits per heavy atom. The van der Waals surface area contributed by atoms with E-state index in [1.807, 2.05) is 32.0 Å². The molecule has 0 fully saturated rings. The van der Waals surface area contributed by atoms with E-state index in [9.17, 15) is 0 Å². The second kappa shape index (κ2) is 3.95. The quantitative estimate of drug-likeness (QED) is 0.692. The lowest BCUT2D eigenvalue weighted by atomic mass is 9.98. The average molecular weight is 175 g/mol. The fourth-order valence-electron chi connectivity index (χ4n) is 1.33. The van der Waals surface area contributed by atoms with E-state index < -0.39 is 0 Å². The maximum atomic E-state index is 8.76. The molecule has 0 bridgehead atoms. The summed E-state index contributed by atoms with van der Waals surface area (Å²) in [5, 5.41) is 8.76. The number of nitriles is 1. The highest BCUT2D eigenvalue weighted by Gasteiger charge is 2.07. The average Bonchev–Trinajstić information content (AvgIpc) is 2.16. The molecule has 0 saturated heterocycles. The van der Waals surface area contributed by atoms with Crippen molar-refractivity contribution in [1.29, 1.82) is 5.26 Å². The van der Waals surface area contributed by atoms with Crippen LogP contribution in [0.4, 0.5) is 0 Å². The summed E-state index contributed by atoms with van der Waals surface area (Å²) in [6.45, 7) is 3.89. The lowest BCUT2D eigenvalue weighted by Crippen LogP contribution is -1.94. The largest absolute Gasteiger partial charge is 0.497 e. The van der Waals surface area contributed by atoms with E-state index in [2.05, 4.69) is 6.07 Å². The fraction of sp³-hybridized carbons (Fsp3) is 0.364. The van der Waals surface area contributed by atoms with E-state index >= 15 is 0 Å². The number of rotatable bonds is 2. The number of methoxy groups -OCH3 is 1. The summed E-state index contributed by atoms with van der Waals surface area (Å²) in [5.41, 5.74) is 2.18. The van der Waals surface area contributed by atoms with E-state index in [0.717, 1.165) is 16.9 Å². The van der Waals surface area contributed by atoms with Gasteiger partial charge in [-0.2, -0.15) is 5.26 Å². The summed E-state index contributed by atoms with van der Waals surface area (Å²) in [5.74, 6) is 0.789. The lowest BCUT2D eigenvalue weighted by molar-refractivity contribution is 0.414. The molecule has 0 aliphatic heterocycles. The summed E-state index contributed by atoms with van der Waals surface area (Å²) in [4.78, 5) is 0. The summed E-state index contributed by atoms with van der Waals surface area (Å²) in [6.07, 6.45) is 0. The van der Waals surface area contributed by atoms with Crippen molar-refractivity contribution in [3.05, 3.63) is 29.3 Å². The molecule has 0 N–H and O–H groups in total. The predicted octanol–water partition coefficient (Wildman–Crippen LogP) is 2.63. The van der Waals surface area contributed by atoms with Gasteiger partial charge in [-0.3, -0.25) is 0 Å². The Balaban J connectivity index is 3.06. The zero-order valence-electron chi connectivity index (χ0n) is 8.16. The highest BCUT2D eigenvalue weighted by atomic mass is 16.5. The van der Waals surface area contributed by atoms with Crippen LogP contribution in [-0.4, -0.2) is 7.11 Å². The highest BCUT2D eigenvalue weighted by Crippen LogP contribution is 2.22. The lowest BCUT2D eigenvalue weighted by Gasteiger charge is -2.08. The SMILES string of the molecule is COc1ccc(C(C)C#N)c(C)c1. The van der Waals surface area contributed by atoms with Crippen molar-refractivity contribution in [1.82, 2.24) is 0 Å². The molecule has 13 heavy (non-hydrogen) atoms. The van der Waals surface area contributed by atoms with Crippen molar-refractivity contribution >= 4 is 0 Å². The second-order valence-corrected chi connectivity index (χ2v) is 3.07. The first-order valence-corrected chi connectivity index (χ1v) is 4.23. The third kappa shape index (κ3) is 2.00. The molecule has 1 unspecified atom stereocenters. The third-order valence-corrected chi connectivity index (χ3v) is 2.14. The van der Waals surface area contributed by atoms with Crippen LogP contribution in [0.1, 0.15) is 24.0 Å². The first kappa shape index (κ1) is 9.60. The molecule has 0 aliphatic rings. The van der Waals surface area contributed by atoms with Gasteiger partial charge in [0.05, 0.1) is 19.1 Å². The Hall–Kier alpha value is -1.49. The van der Waals surface area contributed by atoms with E-state index in [1.54, 1.807) is 7.11 Å². The van der Waals surface area contributed by atoms with Crippen LogP contribution in [0.25, 0.3) is 0 Å². The third-order valence-electron chi connectivity index (χ3n) is 2.14. The zero-order valence-corrected chi connectivity index (χ0v) is 8.16. The Kier molecular flexibility index (Phi) is 2.92. The minimum absolute atomic E-state index is 0.0501. The molecular formula is C11H13NO. The fourth-order valence-corrected chi connectivity index (χ4v) is 1.33. The van der Waals surface area contributed by atoms with Crippen LogP contribution in [0.15, 0.2) is 18.2 Å². The molecule has 0 spiro atoms. The van der Waals surface area contributed by atoms with Crippen LogP contribution in [0.3, 0.4) is 0 Å². The van der Waals surface area contributed by atoms with Gasteiger partial charge in [0.2, 0.25) is 0 Å². The van der Waals surface area contributed by atoms with Crippen molar-refractivity contribution < 1.29 is 4.74 Å². The normalized spacial score (nSPS) is 11.8. The van der Waals surface area contributed by atoms with Gasteiger partial charge >= 0.3 is 0 Å². The topological polar surface area (TPSA) is 33.0 Å². The van der Waals surface area contributed by atoms with Crippen LogP contribution in [0, 0.1) is 18.3 Å². The van der Waals surface area contributed by atoms with Gasteiger partial charge in [-0.05, 0) is 37.1 Å². The zero-order chi connectivity index (χ0) is 9.84. The molecule has 0 amide bonds. The second-order valence-electron chi connectivity index (χ2n) is 3.07. The van der Waals surface area contributed by atoms with Gasteiger partial charge < -0.3 is 4.74 Å². The molecule has 1 rings (SSSR count). The van der Waals surface area contributed by atoms with Gasteiger partial charge in [-0.1, -0.05) is 6.07 Å². The molecule has 1 atom stereocenters. The molecule has 1 aromatic carbocycles. The van der Waals surface area contributed by atoms with Gasteiger partial charge in [0.25, 0.3) is 0 Å². The summed E-state index contributed by atoms with van der Waals surface area (Å²) in [7, 11) is 1.64. The van der Waals surface area contributed by atoms with Gasteiger partial charge in [0, 0.05) is 0 Å². The maximum Gasteiger partial charge on any atom is 0.119 e. The number of aryl methyl sites for hydroxylation is 1. The predicted molar refractivity (Wildman–Crippen MR) is 51.8 cm³/mol. The van der Waals surface area contributed by atoms with Crippen molar-refractivity contribution in [2.75, 3.05) is 7.11 Å². The molecule has 0 heterocycles. The first-order valence-electron chi connectivity index (χ1n) is 4.23. The molecule has 68 valence electrons. The van der Waals surface area contributed by atoms with E-state index in [4.69, 9.17) is 10.00 Å². The molecule has 2 heteroatoms. The van der Waals surface area contributed by atoms with Gasteiger partial charge in [-0.15, -0.1) is 0 Å². The molecule has 0 saturated carbocycles. The van der Waals surface area contributed by atoms with E-state index in [-0.39, 0.29) is 5.92 Å². The van der Waals surface area contributed by atoms with Crippen molar-refractivity contribution in [3.63, 3.8) is 0 Å². The van der Waals surface area contributed by atoms with Gasteiger partial charge in [0.15, 0.2) is 0 Å². The van der Waals surface area contributed by atoms with Crippen LogP contribution in [0.2, 0.25) is 0 Å². The van der Waals surface area contributed by atoms with Crippen molar-refractivity contribution in [2.45, 2.75) is 19.8 Å². The molecule has 1 aromatic rings. The van der Waals surface area contributed by atoms with E-state index in [0.29, 0.717) is 0 Å². The van der Waals surface area contributed by atoms with Crippen molar-refractivity contribution in [2.24, 2.45) is 0 Å². The Bertz CT molecular complexity index is 338. The Morgan fingerprint density at radius 3 is 2.62 bits per heavy atom. The summed E-state index contributed by atoms with van der Waals surface area (Å²) >= 11 is 0. The highest BCUT2D eigenvalue weighted by molar-refractivity contribution is 5.38. The van der Waals surface area contributed by atoms with Crippen LogP contribution in [0.5, 0.6) is 5.75 Å². The number of benzene rings is 1. The number of hydrogen-bond donors (Lipinski definition) is 0. The standard InChI is InChI=1S/C11H13NO/c1-8-6-10(13-3)4-5-11(8)9(2)7-12/h4-6,9H,1-3H3. The van der Waals surface area contributed by atoms with Gasteiger partial charge in [-0.25, -0.2) is 0 Å². The number of ether oxygens (including phenoxy) is 1. The van der Waals surface area contributed by atoms with Crippen molar-refractivity contribution in [3.8, 4) is 11.8 Å². The Morgan fingerprint density at radius 2 is 2.15 bits per heavy atom. The first-order chi connectivity index (χ1) is 6.19. The molecule has 2 nitrogen and oxygen atoms in total. The molecular weight excluding hydrogens is 162 g/mol. The smallest absolute Gasteiger partial charge is 0.119 e. The van der Waals surface area contributed by atoms with E-state index in [1.165, 1.54) is 0 Å². The van der Waals surface area contributed by atoms with Crippen LogP contribution >= 0.6 is 0 Å². The minimum Gasteiger partial charge on any atom is -0.497 e. The van der Waals surface area contributed by atoms with Crippen LogP contribution < -0.4 is 4.74 Å². The molecule has 0 aromatic heterocycles. The number of hydrogen-bond acceptors (Lipinski definition) is 2. The van der Waals surface area contributed by atoms with Crippen LogP contribution in [-0.2, 0) is 0 Å². The monoisotopic (exact) mass is 175 g/mol. The summed E-state index contributed by atoms with van der Waals surface area (Å²) in [6, 6.07) is 8.00. The van der Waals surface area contributed by atoms with Gasteiger partial charge in [0.1, 0.15) is 5.75 Å². The maximum absolute atomic E-state index is 8.76. The summed E-state index contributed by atoms with van der Waals surface area (Å²) < 4.78 is 5.08. The number of nitrogens with zero attached hydrogens (tertiary/aromatic N) is 1.